The lowest BCUT2D eigenvalue weighted by molar-refractivity contribution is 0.0690. The molecule has 0 radical (unpaired) electrons. The minimum Gasteiger partial charge on any atom is -0.477 e. The SMILES string of the molecule is Cn1ccc(C(=O)Nc2ccc(C(=O)O)nc2)cc1=O. The lowest BCUT2D eigenvalue weighted by atomic mass is 10.2. The fourth-order valence-electron chi connectivity index (χ4n) is 1.49. The van der Waals surface area contributed by atoms with Gasteiger partial charge in [-0.15, -0.1) is 0 Å². The van der Waals surface area contributed by atoms with Crippen LogP contribution < -0.4 is 10.9 Å². The van der Waals surface area contributed by atoms with E-state index in [1.807, 2.05) is 0 Å². The van der Waals surface area contributed by atoms with Gasteiger partial charge >= 0.3 is 5.97 Å². The van der Waals surface area contributed by atoms with Gasteiger partial charge in [0.25, 0.3) is 11.5 Å². The van der Waals surface area contributed by atoms with Gasteiger partial charge in [-0.3, -0.25) is 9.59 Å². The summed E-state index contributed by atoms with van der Waals surface area (Å²) in [6, 6.07) is 5.43. The van der Waals surface area contributed by atoms with Gasteiger partial charge in [0.2, 0.25) is 0 Å². The van der Waals surface area contributed by atoms with Crippen molar-refractivity contribution in [3.05, 3.63) is 58.3 Å². The van der Waals surface area contributed by atoms with E-state index in [1.54, 1.807) is 7.05 Å². The van der Waals surface area contributed by atoms with Crippen molar-refractivity contribution in [3.8, 4) is 0 Å². The number of pyridine rings is 2. The monoisotopic (exact) mass is 273 g/mol. The van der Waals surface area contributed by atoms with Crippen LogP contribution in [0, 0.1) is 0 Å². The molecule has 0 saturated heterocycles. The largest absolute Gasteiger partial charge is 0.477 e. The lowest BCUT2D eigenvalue weighted by Crippen LogP contribution is -2.20. The summed E-state index contributed by atoms with van der Waals surface area (Å²) in [5.74, 6) is -1.61. The predicted octanol–water partition coefficient (Wildman–Crippen LogP) is 0.731. The molecule has 2 heterocycles. The standard InChI is InChI=1S/C13H11N3O4/c1-16-5-4-8(6-11(16)17)12(18)15-9-2-3-10(13(19)20)14-7-9/h2-7H,1H3,(H,15,18)(H,19,20). The van der Waals surface area contributed by atoms with Gasteiger partial charge in [0.05, 0.1) is 11.9 Å². The zero-order valence-corrected chi connectivity index (χ0v) is 10.5. The first-order valence-corrected chi connectivity index (χ1v) is 5.65. The van der Waals surface area contributed by atoms with Gasteiger partial charge in [-0.1, -0.05) is 0 Å². The molecule has 2 rings (SSSR count). The number of rotatable bonds is 3. The molecule has 0 aliphatic carbocycles. The van der Waals surface area contributed by atoms with Crippen LogP contribution in [0.4, 0.5) is 5.69 Å². The number of aryl methyl sites for hydroxylation is 1. The van der Waals surface area contributed by atoms with E-state index in [-0.39, 0.29) is 16.8 Å². The molecule has 102 valence electrons. The highest BCUT2D eigenvalue weighted by Crippen LogP contribution is 2.08. The molecule has 0 aromatic carbocycles. The molecule has 0 fully saturated rings. The number of aromatic nitrogens is 2. The van der Waals surface area contributed by atoms with Gasteiger partial charge in [-0.25, -0.2) is 9.78 Å². The number of amides is 1. The number of carbonyl (C=O) groups is 2. The summed E-state index contributed by atoms with van der Waals surface area (Å²) in [5, 5.41) is 11.2. The zero-order chi connectivity index (χ0) is 14.7. The molecular weight excluding hydrogens is 262 g/mol. The highest BCUT2D eigenvalue weighted by Gasteiger charge is 2.09. The van der Waals surface area contributed by atoms with Crippen LogP contribution in [0.15, 0.2) is 41.5 Å². The van der Waals surface area contributed by atoms with E-state index in [9.17, 15) is 14.4 Å². The normalized spacial score (nSPS) is 10.1. The molecule has 1 amide bonds. The number of carboxylic acids is 1. The Balaban J connectivity index is 2.16. The summed E-state index contributed by atoms with van der Waals surface area (Å²) < 4.78 is 1.35. The molecule has 0 aliphatic rings. The third kappa shape index (κ3) is 2.89. The van der Waals surface area contributed by atoms with E-state index in [0.717, 1.165) is 0 Å². The van der Waals surface area contributed by atoms with E-state index in [2.05, 4.69) is 10.3 Å². The van der Waals surface area contributed by atoms with Gasteiger partial charge in [-0.05, 0) is 18.2 Å². The molecule has 20 heavy (non-hydrogen) atoms. The molecule has 7 nitrogen and oxygen atoms in total. The Morgan fingerprint density at radius 1 is 1.30 bits per heavy atom. The number of aromatic carboxylic acids is 1. The van der Waals surface area contributed by atoms with Crippen LogP contribution in [0.3, 0.4) is 0 Å². The Labute approximate surface area is 113 Å². The minimum atomic E-state index is -1.14. The van der Waals surface area contributed by atoms with Gasteiger partial charge in [0.15, 0.2) is 0 Å². The highest BCUT2D eigenvalue weighted by molar-refractivity contribution is 6.04. The first-order chi connectivity index (χ1) is 9.47. The summed E-state index contributed by atoms with van der Waals surface area (Å²) in [7, 11) is 1.58. The summed E-state index contributed by atoms with van der Waals surface area (Å²) in [6.07, 6.45) is 2.73. The van der Waals surface area contributed by atoms with Crippen molar-refractivity contribution in [1.82, 2.24) is 9.55 Å². The number of anilines is 1. The van der Waals surface area contributed by atoms with Crippen molar-refractivity contribution in [1.29, 1.82) is 0 Å². The maximum absolute atomic E-state index is 11.9. The van der Waals surface area contributed by atoms with Gasteiger partial charge in [0.1, 0.15) is 5.69 Å². The first-order valence-electron chi connectivity index (χ1n) is 5.65. The summed E-state index contributed by atoms with van der Waals surface area (Å²) in [6.45, 7) is 0. The van der Waals surface area contributed by atoms with Gasteiger partial charge < -0.3 is 15.0 Å². The lowest BCUT2D eigenvalue weighted by Gasteiger charge is -2.05. The van der Waals surface area contributed by atoms with E-state index in [1.165, 1.54) is 41.2 Å². The van der Waals surface area contributed by atoms with Gasteiger partial charge in [-0.2, -0.15) is 0 Å². The van der Waals surface area contributed by atoms with Crippen LogP contribution in [-0.2, 0) is 7.05 Å². The molecule has 0 bridgehead atoms. The van der Waals surface area contributed by atoms with Crippen LogP contribution in [0.5, 0.6) is 0 Å². The molecule has 0 unspecified atom stereocenters. The second-order valence-electron chi connectivity index (χ2n) is 4.06. The van der Waals surface area contributed by atoms with Crippen molar-refractivity contribution in [2.24, 2.45) is 7.05 Å². The number of carbonyl (C=O) groups excluding carboxylic acids is 1. The van der Waals surface area contributed by atoms with E-state index >= 15 is 0 Å². The van der Waals surface area contributed by atoms with Crippen molar-refractivity contribution >= 4 is 17.6 Å². The van der Waals surface area contributed by atoms with E-state index < -0.39 is 11.9 Å². The third-order valence-electron chi connectivity index (χ3n) is 2.61. The Morgan fingerprint density at radius 2 is 2.05 bits per heavy atom. The average Bonchev–Trinajstić information content (AvgIpc) is 2.42. The third-order valence-corrected chi connectivity index (χ3v) is 2.61. The molecule has 2 aromatic rings. The van der Waals surface area contributed by atoms with Crippen molar-refractivity contribution in [3.63, 3.8) is 0 Å². The van der Waals surface area contributed by atoms with E-state index in [0.29, 0.717) is 5.69 Å². The Morgan fingerprint density at radius 3 is 2.60 bits per heavy atom. The van der Waals surface area contributed by atoms with Crippen LogP contribution in [-0.4, -0.2) is 26.5 Å². The van der Waals surface area contributed by atoms with Crippen LogP contribution in [0.2, 0.25) is 0 Å². The summed E-state index contributed by atoms with van der Waals surface area (Å²) >= 11 is 0. The van der Waals surface area contributed by atoms with E-state index in [4.69, 9.17) is 5.11 Å². The highest BCUT2D eigenvalue weighted by atomic mass is 16.4. The molecule has 0 saturated carbocycles. The second-order valence-corrected chi connectivity index (χ2v) is 4.06. The number of hydrogen-bond donors (Lipinski definition) is 2. The van der Waals surface area contributed by atoms with Crippen LogP contribution >= 0.6 is 0 Å². The molecule has 0 atom stereocenters. The Kier molecular flexibility index (Phi) is 3.60. The smallest absolute Gasteiger partial charge is 0.354 e. The zero-order valence-electron chi connectivity index (χ0n) is 10.5. The fraction of sp³-hybridized carbons (Fsp3) is 0.0769. The molecule has 7 heteroatoms. The molecule has 2 N–H and O–H groups in total. The first kappa shape index (κ1) is 13.5. The minimum absolute atomic E-state index is 0.114. The maximum Gasteiger partial charge on any atom is 0.354 e. The maximum atomic E-state index is 11.9. The number of carboxylic acid groups (broad SMARTS) is 1. The Hall–Kier alpha value is -2.96. The number of hydrogen-bond acceptors (Lipinski definition) is 4. The van der Waals surface area contributed by atoms with Gasteiger partial charge in [0, 0.05) is 24.9 Å². The molecular formula is C13H11N3O4. The summed E-state index contributed by atoms with van der Waals surface area (Å²) in [4.78, 5) is 37.6. The summed E-state index contributed by atoms with van der Waals surface area (Å²) in [5.41, 5.74) is 0.157. The van der Waals surface area contributed by atoms with Crippen LogP contribution in [0.25, 0.3) is 0 Å². The quantitative estimate of drug-likeness (QED) is 0.858. The van der Waals surface area contributed by atoms with Crippen molar-refractivity contribution in [2.45, 2.75) is 0 Å². The molecule has 0 spiro atoms. The van der Waals surface area contributed by atoms with Crippen LogP contribution in [0.1, 0.15) is 20.8 Å². The Bertz CT molecular complexity index is 719. The predicted molar refractivity (Wildman–Crippen MR) is 70.8 cm³/mol. The van der Waals surface area contributed by atoms with Crippen molar-refractivity contribution in [2.75, 3.05) is 5.32 Å². The second kappa shape index (κ2) is 5.35. The number of nitrogens with zero attached hydrogens (tertiary/aromatic N) is 2. The molecule has 0 aliphatic heterocycles. The number of nitrogens with one attached hydrogen (secondary N) is 1. The topological polar surface area (TPSA) is 101 Å². The average molecular weight is 273 g/mol. The molecule has 2 aromatic heterocycles. The fourth-order valence-corrected chi connectivity index (χ4v) is 1.49. The van der Waals surface area contributed by atoms with Crippen molar-refractivity contribution < 1.29 is 14.7 Å².